The minimum absolute atomic E-state index is 0.0586. The van der Waals surface area contributed by atoms with Gasteiger partial charge in [0, 0.05) is 12.6 Å². The lowest BCUT2D eigenvalue weighted by Crippen LogP contribution is -2.33. The molecule has 0 aliphatic carbocycles. The van der Waals surface area contributed by atoms with Crippen molar-refractivity contribution in [2.45, 2.75) is 32.0 Å². The maximum Gasteiger partial charge on any atom is 0.339 e. The van der Waals surface area contributed by atoms with E-state index in [1.807, 2.05) is 32.9 Å². The molecule has 0 aliphatic heterocycles. The number of ether oxygens (including phenoxy) is 1. The molecule has 0 saturated carbocycles. The molecule has 184 valence electrons. The number of amides is 2. The van der Waals surface area contributed by atoms with Crippen molar-refractivity contribution in [2.75, 3.05) is 18.2 Å². The van der Waals surface area contributed by atoms with Crippen molar-refractivity contribution in [1.82, 2.24) is 20.1 Å². The zero-order chi connectivity index (χ0) is 25.5. The van der Waals surface area contributed by atoms with Crippen LogP contribution in [0.5, 0.6) is 0 Å². The summed E-state index contributed by atoms with van der Waals surface area (Å²) >= 11 is 1.21. The summed E-state index contributed by atoms with van der Waals surface area (Å²) in [6, 6.07) is 13.6. The average molecular weight is 496 g/mol. The van der Waals surface area contributed by atoms with E-state index in [1.54, 1.807) is 48.0 Å². The third-order valence-corrected chi connectivity index (χ3v) is 6.37. The van der Waals surface area contributed by atoms with E-state index in [-0.39, 0.29) is 35.1 Å². The Kier molecular flexibility index (Phi) is 8.64. The molecule has 1 heterocycles. The number of aromatic nitrogens is 3. The first-order valence-electron chi connectivity index (χ1n) is 11.1. The van der Waals surface area contributed by atoms with E-state index < -0.39 is 5.97 Å². The van der Waals surface area contributed by atoms with Crippen LogP contribution in [0.25, 0.3) is 0 Å². The topological polar surface area (TPSA) is 115 Å². The highest BCUT2D eigenvalue weighted by molar-refractivity contribution is 7.99. The molecule has 35 heavy (non-hydrogen) atoms. The first-order chi connectivity index (χ1) is 16.7. The zero-order valence-electron chi connectivity index (χ0n) is 20.4. The third-order valence-electron chi connectivity index (χ3n) is 5.35. The summed E-state index contributed by atoms with van der Waals surface area (Å²) in [6.07, 6.45) is 0. The Labute approximate surface area is 208 Å². The molecule has 0 aliphatic rings. The first-order valence-corrected chi connectivity index (χ1v) is 12.1. The Bertz CT molecular complexity index is 1210. The maximum absolute atomic E-state index is 12.8. The Morgan fingerprint density at radius 1 is 1.06 bits per heavy atom. The van der Waals surface area contributed by atoms with E-state index in [4.69, 9.17) is 4.74 Å². The van der Waals surface area contributed by atoms with Gasteiger partial charge in [-0.05, 0) is 37.1 Å². The summed E-state index contributed by atoms with van der Waals surface area (Å²) in [4.78, 5) is 37.2. The highest BCUT2D eigenvalue weighted by Crippen LogP contribution is 2.25. The number of carbonyl (C=O) groups is 3. The standard InChI is InChI=1S/C25H29N5O4S/c1-15(2)21(27-23(32)17-12-10-16(3)11-13-17)22-28-29-25(30(22)4)35-14-20(31)26-19-9-7-6-8-18(19)24(33)34-5/h6-13,15,21H,14H2,1-5H3,(H,26,31)(H,27,32)/t21-/m0/s1. The van der Waals surface area contributed by atoms with Gasteiger partial charge in [-0.2, -0.15) is 0 Å². The van der Waals surface area contributed by atoms with E-state index in [1.165, 1.54) is 18.9 Å². The van der Waals surface area contributed by atoms with Gasteiger partial charge in [0.25, 0.3) is 5.91 Å². The molecule has 0 saturated heterocycles. The van der Waals surface area contributed by atoms with Gasteiger partial charge in [0.1, 0.15) is 0 Å². The number of methoxy groups -OCH3 is 1. The molecule has 0 radical (unpaired) electrons. The zero-order valence-corrected chi connectivity index (χ0v) is 21.2. The first kappa shape index (κ1) is 26.0. The Morgan fingerprint density at radius 3 is 2.40 bits per heavy atom. The highest BCUT2D eigenvalue weighted by atomic mass is 32.2. The van der Waals surface area contributed by atoms with Gasteiger partial charge >= 0.3 is 5.97 Å². The van der Waals surface area contributed by atoms with Gasteiger partial charge in [-0.25, -0.2) is 4.79 Å². The number of para-hydroxylation sites is 1. The highest BCUT2D eigenvalue weighted by Gasteiger charge is 2.25. The molecule has 2 N–H and O–H groups in total. The fraction of sp³-hybridized carbons (Fsp3) is 0.320. The molecule has 0 fully saturated rings. The van der Waals surface area contributed by atoms with Crippen LogP contribution in [0.2, 0.25) is 0 Å². The molecule has 0 bridgehead atoms. The molecule has 2 aromatic carbocycles. The Balaban J connectivity index is 1.67. The van der Waals surface area contributed by atoms with Gasteiger partial charge in [0.2, 0.25) is 5.91 Å². The smallest absolute Gasteiger partial charge is 0.339 e. The predicted molar refractivity (Wildman–Crippen MR) is 134 cm³/mol. The van der Waals surface area contributed by atoms with E-state index in [9.17, 15) is 14.4 Å². The van der Waals surface area contributed by atoms with Crippen molar-refractivity contribution in [3.63, 3.8) is 0 Å². The molecule has 10 heteroatoms. The summed E-state index contributed by atoms with van der Waals surface area (Å²) in [5.74, 6) is -0.307. The molecule has 0 unspecified atom stereocenters. The molecule has 3 rings (SSSR count). The molecule has 1 aromatic heterocycles. The van der Waals surface area contributed by atoms with E-state index >= 15 is 0 Å². The summed E-state index contributed by atoms with van der Waals surface area (Å²) in [6.45, 7) is 5.96. The summed E-state index contributed by atoms with van der Waals surface area (Å²) in [7, 11) is 3.09. The lowest BCUT2D eigenvalue weighted by molar-refractivity contribution is -0.113. The molecule has 2 amide bonds. The van der Waals surface area contributed by atoms with Crippen LogP contribution in [0.1, 0.15) is 52.0 Å². The molecule has 3 aromatic rings. The second-order valence-corrected chi connectivity index (χ2v) is 9.28. The number of nitrogens with zero attached hydrogens (tertiary/aromatic N) is 3. The fourth-order valence-electron chi connectivity index (χ4n) is 3.38. The van der Waals surface area contributed by atoms with Gasteiger partial charge in [-0.3, -0.25) is 9.59 Å². The monoisotopic (exact) mass is 495 g/mol. The van der Waals surface area contributed by atoms with Crippen LogP contribution in [0.15, 0.2) is 53.7 Å². The Morgan fingerprint density at radius 2 is 1.74 bits per heavy atom. The number of benzene rings is 2. The molecule has 0 spiro atoms. The van der Waals surface area contributed by atoms with Crippen molar-refractivity contribution < 1.29 is 19.1 Å². The number of aryl methyl sites for hydroxylation is 1. The largest absolute Gasteiger partial charge is 0.465 e. The molecule has 9 nitrogen and oxygen atoms in total. The Hall–Kier alpha value is -3.66. The van der Waals surface area contributed by atoms with Gasteiger partial charge in [0.15, 0.2) is 11.0 Å². The summed E-state index contributed by atoms with van der Waals surface area (Å²) in [5, 5.41) is 14.8. The number of hydrogen-bond acceptors (Lipinski definition) is 7. The summed E-state index contributed by atoms with van der Waals surface area (Å²) < 4.78 is 6.54. The lowest BCUT2D eigenvalue weighted by atomic mass is 10.0. The van der Waals surface area contributed by atoms with Crippen LogP contribution in [-0.4, -0.2) is 45.4 Å². The van der Waals surface area contributed by atoms with E-state index in [0.717, 1.165) is 5.56 Å². The molecular formula is C25H29N5O4S. The number of hydrogen-bond donors (Lipinski definition) is 2. The molecule has 1 atom stereocenters. The molecular weight excluding hydrogens is 466 g/mol. The predicted octanol–water partition coefficient (Wildman–Crippen LogP) is 3.77. The van der Waals surface area contributed by atoms with Crippen LogP contribution < -0.4 is 10.6 Å². The van der Waals surface area contributed by atoms with Crippen LogP contribution >= 0.6 is 11.8 Å². The lowest BCUT2D eigenvalue weighted by Gasteiger charge is -2.21. The van der Waals surface area contributed by atoms with Crippen LogP contribution in [0.3, 0.4) is 0 Å². The third kappa shape index (κ3) is 6.48. The fourth-order valence-corrected chi connectivity index (χ4v) is 4.10. The number of rotatable bonds is 9. The van der Waals surface area contributed by atoms with Crippen molar-refractivity contribution in [1.29, 1.82) is 0 Å². The van der Waals surface area contributed by atoms with Crippen molar-refractivity contribution >= 4 is 35.2 Å². The minimum Gasteiger partial charge on any atom is -0.465 e. The SMILES string of the molecule is COC(=O)c1ccccc1NC(=O)CSc1nnc([C@@H](NC(=O)c2ccc(C)cc2)C(C)C)n1C. The normalized spacial score (nSPS) is 11.7. The quantitative estimate of drug-likeness (QED) is 0.343. The number of esters is 1. The average Bonchev–Trinajstić information content (AvgIpc) is 3.20. The van der Waals surface area contributed by atoms with Gasteiger partial charge in [-0.1, -0.05) is 55.4 Å². The van der Waals surface area contributed by atoms with Gasteiger partial charge < -0.3 is 19.9 Å². The van der Waals surface area contributed by atoms with Crippen LogP contribution in [-0.2, 0) is 16.6 Å². The van der Waals surface area contributed by atoms with Crippen molar-refractivity contribution in [3.8, 4) is 0 Å². The second-order valence-electron chi connectivity index (χ2n) is 8.33. The number of nitrogens with one attached hydrogen (secondary N) is 2. The summed E-state index contributed by atoms with van der Waals surface area (Å²) in [5.41, 5.74) is 2.30. The minimum atomic E-state index is -0.529. The maximum atomic E-state index is 12.8. The van der Waals surface area contributed by atoms with Crippen molar-refractivity contribution in [3.05, 3.63) is 71.0 Å². The number of thioether (sulfide) groups is 1. The second kappa shape index (κ2) is 11.7. The number of anilines is 1. The number of carbonyl (C=O) groups excluding carboxylic acids is 3. The van der Waals surface area contributed by atoms with E-state index in [2.05, 4.69) is 20.8 Å². The van der Waals surface area contributed by atoms with Crippen LogP contribution in [0.4, 0.5) is 5.69 Å². The van der Waals surface area contributed by atoms with E-state index in [0.29, 0.717) is 22.2 Å². The van der Waals surface area contributed by atoms with Gasteiger partial charge in [0.05, 0.1) is 30.2 Å². The van der Waals surface area contributed by atoms with Crippen molar-refractivity contribution in [2.24, 2.45) is 13.0 Å². The van der Waals surface area contributed by atoms with Crippen LogP contribution in [0, 0.1) is 12.8 Å². The van der Waals surface area contributed by atoms with Gasteiger partial charge in [-0.15, -0.1) is 10.2 Å².